The number of amides is 1. The summed E-state index contributed by atoms with van der Waals surface area (Å²) in [5.74, 6) is -0.991. The molecule has 3 aromatic carbocycles. The molecule has 0 atom stereocenters. The van der Waals surface area contributed by atoms with E-state index in [1.54, 1.807) is 0 Å². The van der Waals surface area contributed by atoms with Crippen LogP contribution in [0.3, 0.4) is 0 Å². The van der Waals surface area contributed by atoms with Gasteiger partial charge >= 0.3 is 5.97 Å². The Bertz CT molecular complexity index is 1270. The molecule has 0 saturated heterocycles. The largest absolute Gasteiger partial charge is 0.481 e. The number of benzene rings is 3. The molecule has 1 amide bonds. The number of aryl methyl sites for hydroxylation is 1. The van der Waals surface area contributed by atoms with E-state index < -0.39 is 5.97 Å². The molecule has 35 heavy (non-hydrogen) atoms. The van der Waals surface area contributed by atoms with Crippen LogP contribution in [-0.2, 0) is 22.6 Å². The summed E-state index contributed by atoms with van der Waals surface area (Å²) in [5.41, 5.74) is 6.73. The molecule has 0 bridgehead atoms. The Hall–Kier alpha value is -3.42. The van der Waals surface area contributed by atoms with Gasteiger partial charge in [0, 0.05) is 28.7 Å². The lowest BCUT2D eigenvalue weighted by Gasteiger charge is -2.17. The number of aliphatic carboxylic acids is 1. The van der Waals surface area contributed by atoms with E-state index in [1.807, 2.05) is 54.6 Å². The van der Waals surface area contributed by atoms with Crippen LogP contribution in [0.15, 0.2) is 71.2 Å². The molecule has 3 aromatic rings. The molecule has 1 heterocycles. The quantitative estimate of drug-likeness (QED) is 0.300. The van der Waals surface area contributed by atoms with Gasteiger partial charge in [-0.3, -0.25) is 9.59 Å². The van der Waals surface area contributed by atoms with Crippen molar-refractivity contribution in [2.45, 2.75) is 26.3 Å². The zero-order chi connectivity index (χ0) is 24.9. The van der Waals surface area contributed by atoms with E-state index in [0.717, 1.165) is 45.6 Å². The lowest BCUT2D eigenvalue weighted by Crippen LogP contribution is -2.16. The number of nitrogens with one attached hydrogen (secondary N) is 2. The molecule has 0 saturated carbocycles. The first-order valence-corrected chi connectivity index (χ1v) is 12.3. The van der Waals surface area contributed by atoms with Crippen LogP contribution in [0.2, 0.25) is 0 Å². The maximum atomic E-state index is 13.1. The highest BCUT2D eigenvalue weighted by molar-refractivity contribution is 9.10. The number of fused-ring (bicyclic) bond motifs is 1. The van der Waals surface area contributed by atoms with Crippen molar-refractivity contribution in [3.63, 3.8) is 0 Å². The predicted molar refractivity (Wildman–Crippen MR) is 144 cm³/mol. The van der Waals surface area contributed by atoms with Crippen molar-refractivity contribution >= 4 is 50.5 Å². The van der Waals surface area contributed by atoms with E-state index in [1.165, 1.54) is 5.56 Å². The Morgan fingerprint density at radius 2 is 1.71 bits per heavy atom. The van der Waals surface area contributed by atoms with Gasteiger partial charge in [-0.05, 0) is 61.0 Å². The topological polar surface area (TPSA) is 81.7 Å². The van der Waals surface area contributed by atoms with Crippen molar-refractivity contribution in [3.05, 3.63) is 93.5 Å². The molecule has 180 valence electrons. The van der Waals surface area contributed by atoms with Gasteiger partial charge in [-0.15, -0.1) is 0 Å². The van der Waals surface area contributed by atoms with Gasteiger partial charge in [-0.25, -0.2) is 0 Å². The number of halogens is 1. The predicted octanol–water partition coefficient (Wildman–Crippen LogP) is 5.85. The molecule has 7 heteroatoms. The molecule has 4 rings (SSSR count). The number of carboxylic acids is 1. The van der Waals surface area contributed by atoms with Crippen molar-refractivity contribution in [2.24, 2.45) is 0 Å². The van der Waals surface area contributed by atoms with Crippen LogP contribution in [0, 0.1) is 0 Å². The van der Waals surface area contributed by atoms with Crippen LogP contribution in [-0.4, -0.2) is 35.5 Å². The van der Waals surface area contributed by atoms with Gasteiger partial charge < -0.3 is 20.6 Å². The Morgan fingerprint density at radius 1 is 1.03 bits per heavy atom. The monoisotopic (exact) mass is 533 g/mol. The minimum atomic E-state index is -0.822. The molecule has 3 N–H and O–H groups in total. The van der Waals surface area contributed by atoms with Gasteiger partial charge in [0.2, 0.25) is 0 Å². The molecule has 0 radical (unpaired) electrons. The van der Waals surface area contributed by atoms with E-state index in [4.69, 9.17) is 5.11 Å². The standard InChI is InChI=1S/C28H28BrN3O3/c1-3-32(2)17-19-6-12-22(13-7-19)30-27(20-9-4-18(5-10-20)8-15-25(33)34)26-23-14-11-21(29)16-24(23)31-28(26)35/h4-7,9-14,16,30H,3,8,15,17H2,1-2H3,(H,31,35)(H,33,34)/b27-26-. The van der Waals surface area contributed by atoms with E-state index >= 15 is 0 Å². The Labute approximate surface area is 213 Å². The molecular weight excluding hydrogens is 506 g/mol. The SMILES string of the molecule is CCN(C)Cc1ccc(N/C(=C2\C(=O)Nc3cc(Br)ccc32)c2ccc(CCC(=O)O)cc2)cc1. The molecule has 0 aliphatic carbocycles. The minimum absolute atomic E-state index is 0.0791. The van der Waals surface area contributed by atoms with Crippen LogP contribution in [0.1, 0.15) is 35.6 Å². The smallest absolute Gasteiger partial charge is 0.303 e. The second-order valence-electron chi connectivity index (χ2n) is 8.64. The van der Waals surface area contributed by atoms with E-state index in [2.05, 4.69) is 57.6 Å². The highest BCUT2D eigenvalue weighted by Gasteiger charge is 2.28. The maximum Gasteiger partial charge on any atom is 0.303 e. The first-order valence-electron chi connectivity index (χ1n) is 11.5. The second kappa shape index (κ2) is 10.9. The number of nitrogens with zero attached hydrogens (tertiary/aromatic N) is 1. The van der Waals surface area contributed by atoms with Gasteiger partial charge in [-0.1, -0.05) is 65.3 Å². The van der Waals surface area contributed by atoms with Gasteiger partial charge in [0.25, 0.3) is 5.91 Å². The number of carbonyl (C=O) groups excluding carboxylic acids is 1. The number of rotatable bonds is 9. The molecular formula is C28H28BrN3O3. The minimum Gasteiger partial charge on any atom is -0.481 e. The van der Waals surface area contributed by atoms with Gasteiger partial charge in [0.15, 0.2) is 0 Å². The third kappa shape index (κ3) is 5.99. The first kappa shape index (κ1) is 24.7. The van der Waals surface area contributed by atoms with Crippen LogP contribution in [0.4, 0.5) is 11.4 Å². The maximum absolute atomic E-state index is 13.1. The van der Waals surface area contributed by atoms with E-state index in [9.17, 15) is 9.59 Å². The number of hydrogen-bond donors (Lipinski definition) is 3. The zero-order valence-corrected chi connectivity index (χ0v) is 21.4. The summed E-state index contributed by atoms with van der Waals surface area (Å²) < 4.78 is 0.891. The van der Waals surface area contributed by atoms with Crippen molar-refractivity contribution < 1.29 is 14.7 Å². The van der Waals surface area contributed by atoms with Gasteiger partial charge in [-0.2, -0.15) is 0 Å². The third-order valence-corrected chi connectivity index (χ3v) is 6.56. The Kier molecular flexibility index (Phi) is 7.68. The number of hydrogen-bond acceptors (Lipinski definition) is 4. The summed E-state index contributed by atoms with van der Waals surface area (Å²) in [6, 6.07) is 21.7. The molecule has 0 unspecified atom stereocenters. The summed E-state index contributed by atoms with van der Waals surface area (Å²) in [6.07, 6.45) is 0.537. The first-order chi connectivity index (χ1) is 16.8. The fourth-order valence-corrected chi connectivity index (χ4v) is 4.38. The summed E-state index contributed by atoms with van der Waals surface area (Å²) in [6.45, 7) is 3.97. The average molecular weight is 534 g/mol. The Balaban J connectivity index is 1.72. The fourth-order valence-electron chi connectivity index (χ4n) is 4.02. The average Bonchev–Trinajstić information content (AvgIpc) is 3.17. The van der Waals surface area contributed by atoms with Gasteiger partial charge in [0.05, 0.1) is 17.0 Å². The van der Waals surface area contributed by atoms with Crippen LogP contribution >= 0.6 is 15.9 Å². The lowest BCUT2D eigenvalue weighted by molar-refractivity contribution is -0.137. The second-order valence-corrected chi connectivity index (χ2v) is 9.55. The molecule has 0 fully saturated rings. The molecule has 1 aliphatic heterocycles. The van der Waals surface area contributed by atoms with Crippen LogP contribution < -0.4 is 10.6 Å². The summed E-state index contributed by atoms with van der Waals surface area (Å²) >= 11 is 3.47. The normalized spacial score (nSPS) is 14.0. The van der Waals surface area contributed by atoms with E-state index in [0.29, 0.717) is 17.7 Å². The third-order valence-electron chi connectivity index (χ3n) is 6.06. The number of carbonyl (C=O) groups is 2. The highest BCUT2D eigenvalue weighted by Crippen LogP contribution is 2.39. The number of carboxylic acid groups (broad SMARTS) is 1. The number of anilines is 2. The summed E-state index contributed by atoms with van der Waals surface area (Å²) in [7, 11) is 2.09. The van der Waals surface area contributed by atoms with Crippen LogP contribution in [0.5, 0.6) is 0 Å². The van der Waals surface area contributed by atoms with Crippen molar-refractivity contribution in [1.82, 2.24) is 4.90 Å². The molecule has 1 aliphatic rings. The van der Waals surface area contributed by atoms with Crippen molar-refractivity contribution in [2.75, 3.05) is 24.2 Å². The van der Waals surface area contributed by atoms with Crippen LogP contribution in [0.25, 0.3) is 11.3 Å². The highest BCUT2D eigenvalue weighted by atomic mass is 79.9. The zero-order valence-electron chi connectivity index (χ0n) is 19.8. The lowest BCUT2D eigenvalue weighted by atomic mass is 9.98. The Morgan fingerprint density at radius 3 is 2.37 bits per heavy atom. The summed E-state index contributed by atoms with van der Waals surface area (Å²) in [4.78, 5) is 26.3. The molecule has 0 aromatic heterocycles. The van der Waals surface area contributed by atoms with Gasteiger partial charge in [0.1, 0.15) is 0 Å². The van der Waals surface area contributed by atoms with Crippen molar-refractivity contribution in [1.29, 1.82) is 0 Å². The van der Waals surface area contributed by atoms with E-state index in [-0.39, 0.29) is 12.3 Å². The molecule has 0 spiro atoms. The summed E-state index contributed by atoms with van der Waals surface area (Å²) in [5, 5.41) is 15.4. The van der Waals surface area contributed by atoms with Crippen molar-refractivity contribution in [3.8, 4) is 0 Å². The molecule has 6 nitrogen and oxygen atoms in total. The fraction of sp³-hybridized carbons (Fsp3) is 0.214.